The van der Waals surface area contributed by atoms with Crippen LogP contribution in [0.3, 0.4) is 0 Å². The number of hydrogen-bond donors (Lipinski definition) is 1. The zero-order valence-electron chi connectivity index (χ0n) is 10.1. The lowest BCUT2D eigenvalue weighted by atomic mass is 10.2. The Kier molecular flexibility index (Phi) is 6.66. The van der Waals surface area contributed by atoms with E-state index in [1.807, 2.05) is 30.0 Å². The number of imidazole rings is 1. The van der Waals surface area contributed by atoms with Crippen molar-refractivity contribution in [2.24, 2.45) is 0 Å². The number of para-hydroxylation sites is 2. The van der Waals surface area contributed by atoms with Gasteiger partial charge in [-0.3, -0.25) is 0 Å². The number of rotatable bonds is 6. The average Bonchev–Trinajstić information content (AvgIpc) is 2.71. The molecule has 0 saturated heterocycles. The second kappa shape index (κ2) is 7.77. The Balaban J connectivity index is 0.00000144. The van der Waals surface area contributed by atoms with Gasteiger partial charge in [0.15, 0.2) is 5.16 Å². The van der Waals surface area contributed by atoms with Crippen LogP contribution >= 0.6 is 11.8 Å². The van der Waals surface area contributed by atoms with Gasteiger partial charge in [-0.05, 0) is 18.6 Å². The summed E-state index contributed by atoms with van der Waals surface area (Å²) in [5, 5.41) is 1.05. The molecule has 0 aliphatic carbocycles. The van der Waals surface area contributed by atoms with Gasteiger partial charge in [-0.25, -0.2) is 4.98 Å². The molecular formula is C13H18BrN2S-. The highest BCUT2D eigenvalue weighted by Crippen LogP contribution is 2.20. The largest absolute Gasteiger partial charge is 1.00 e. The number of benzene rings is 1. The van der Waals surface area contributed by atoms with Crippen LogP contribution in [0.2, 0.25) is 0 Å². The van der Waals surface area contributed by atoms with Crippen LogP contribution in [0.15, 0.2) is 29.4 Å². The quantitative estimate of drug-likeness (QED) is 0.642. The molecule has 0 unspecified atom stereocenters. The first-order valence-electron chi connectivity index (χ1n) is 5.97. The van der Waals surface area contributed by atoms with Crippen LogP contribution in [-0.2, 0) is 0 Å². The number of unbranched alkanes of at least 4 members (excludes halogenated alkanes) is 3. The first kappa shape index (κ1) is 14.6. The van der Waals surface area contributed by atoms with E-state index in [4.69, 9.17) is 0 Å². The minimum atomic E-state index is 0. The number of nitrogens with one attached hydrogen (secondary N) is 1. The van der Waals surface area contributed by atoms with Crippen molar-refractivity contribution in [2.75, 3.05) is 5.75 Å². The summed E-state index contributed by atoms with van der Waals surface area (Å²) in [7, 11) is 0. The lowest BCUT2D eigenvalue weighted by molar-refractivity contribution is -0.00000341. The molecule has 17 heavy (non-hydrogen) atoms. The molecule has 0 amide bonds. The summed E-state index contributed by atoms with van der Waals surface area (Å²) in [5.74, 6) is 1.17. The maximum absolute atomic E-state index is 4.54. The van der Waals surface area contributed by atoms with Crippen molar-refractivity contribution in [3.05, 3.63) is 24.3 Å². The van der Waals surface area contributed by atoms with E-state index in [9.17, 15) is 0 Å². The molecule has 4 heteroatoms. The van der Waals surface area contributed by atoms with E-state index in [0.717, 1.165) is 16.2 Å². The molecule has 0 fully saturated rings. The molecule has 1 heterocycles. The number of H-pyrrole nitrogens is 1. The number of aromatic amines is 1. The highest BCUT2D eigenvalue weighted by Gasteiger charge is 2.01. The Labute approximate surface area is 117 Å². The molecule has 94 valence electrons. The zero-order chi connectivity index (χ0) is 11.2. The minimum Gasteiger partial charge on any atom is -1.00 e. The molecular weight excluding hydrogens is 296 g/mol. The maximum Gasteiger partial charge on any atom is 0.166 e. The van der Waals surface area contributed by atoms with Gasteiger partial charge < -0.3 is 22.0 Å². The van der Waals surface area contributed by atoms with Crippen LogP contribution < -0.4 is 17.0 Å². The lowest BCUT2D eigenvalue weighted by Crippen LogP contribution is -3.00. The third-order valence-electron chi connectivity index (χ3n) is 2.60. The summed E-state index contributed by atoms with van der Waals surface area (Å²) in [4.78, 5) is 7.88. The summed E-state index contributed by atoms with van der Waals surface area (Å²) in [6.07, 6.45) is 5.27. The molecule has 0 aliphatic heterocycles. The molecule has 0 bridgehead atoms. The van der Waals surface area contributed by atoms with Crippen molar-refractivity contribution in [1.29, 1.82) is 0 Å². The molecule has 1 aromatic carbocycles. The lowest BCUT2D eigenvalue weighted by Gasteiger charge is -1.97. The number of halogens is 1. The number of aromatic nitrogens is 2. The van der Waals surface area contributed by atoms with Crippen molar-refractivity contribution in [2.45, 2.75) is 37.8 Å². The van der Waals surface area contributed by atoms with Gasteiger partial charge in [0.1, 0.15) is 0 Å². The summed E-state index contributed by atoms with van der Waals surface area (Å²) in [6, 6.07) is 8.19. The minimum absolute atomic E-state index is 0. The Morgan fingerprint density at radius 1 is 1.18 bits per heavy atom. The molecule has 2 aromatic rings. The van der Waals surface area contributed by atoms with Gasteiger partial charge in [-0.15, -0.1) is 0 Å². The molecule has 0 radical (unpaired) electrons. The van der Waals surface area contributed by atoms with Gasteiger partial charge in [0, 0.05) is 5.75 Å². The standard InChI is InChI=1S/C13H18N2S.BrH/c1-2-3-4-7-10-16-13-14-11-8-5-6-9-12(11)15-13;/h5-6,8-9H,2-4,7,10H2,1H3,(H,14,15);1H/p-1. The summed E-state index contributed by atoms with van der Waals surface area (Å²) in [6.45, 7) is 2.24. The normalized spacial score (nSPS) is 10.4. The zero-order valence-corrected chi connectivity index (χ0v) is 12.5. The van der Waals surface area contributed by atoms with Gasteiger partial charge in [0.2, 0.25) is 0 Å². The van der Waals surface area contributed by atoms with Crippen LogP contribution in [0.4, 0.5) is 0 Å². The second-order valence-corrected chi connectivity index (χ2v) is 5.05. The maximum atomic E-state index is 4.54. The smallest absolute Gasteiger partial charge is 0.166 e. The van der Waals surface area contributed by atoms with E-state index in [2.05, 4.69) is 23.0 Å². The molecule has 0 aliphatic rings. The Morgan fingerprint density at radius 2 is 2.00 bits per heavy atom. The summed E-state index contributed by atoms with van der Waals surface area (Å²) >= 11 is 1.83. The first-order chi connectivity index (χ1) is 7.90. The molecule has 2 nitrogen and oxygen atoms in total. The topological polar surface area (TPSA) is 28.7 Å². The Hall–Kier alpha value is -0.480. The third kappa shape index (κ3) is 4.36. The highest BCUT2D eigenvalue weighted by molar-refractivity contribution is 7.99. The number of nitrogens with zero attached hydrogens (tertiary/aromatic N) is 1. The van der Waals surface area contributed by atoms with Crippen LogP contribution in [0, 0.1) is 0 Å². The van der Waals surface area contributed by atoms with E-state index in [0.29, 0.717) is 0 Å². The van der Waals surface area contributed by atoms with Gasteiger partial charge in [-0.1, -0.05) is 50.1 Å². The van der Waals surface area contributed by atoms with Gasteiger partial charge in [0.05, 0.1) is 11.0 Å². The van der Waals surface area contributed by atoms with Crippen LogP contribution in [0.25, 0.3) is 11.0 Å². The van der Waals surface area contributed by atoms with Crippen molar-refractivity contribution in [3.8, 4) is 0 Å². The molecule has 1 N–H and O–H groups in total. The van der Waals surface area contributed by atoms with Gasteiger partial charge in [0.25, 0.3) is 0 Å². The molecule has 2 rings (SSSR count). The predicted octanol–water partition coefficient (Wildman–Crippen LogP) is 1.24. The number of thioether (sulfide) groups is 1. The van der Waals surface area contributed by atoms with E-state index < -0.39 is 0 Å². The van der Waals surface area contributed by atoms with Crippen molar-refractivity contribution >= 4 is 22.8 Å². The average molecular weight is 314 g/mol. The predicted molar refractivity (Wildman–Crippen MR) is 71.0 cm³/mol. The summed E-state index contributed by atoms with van der Waals surface area (Å²) < 4.78 is 0. The third-order valence-corrected chi connectivity index (χ3v) is 3.56. The van der Waals surface area contributed by atoms with Crippen molar-refractivity contribution in [1.82, 2.24) is 9.97 Å². The van der Waals surface area contributed by atoms with Crippen molar-refractivity contribution in [3.63, 3.8) is 0 Å². The Bertz CT molecular complexity index is 409. The van der Waals surface area contributed by atoms with E-state index in [1.165, 1.54) is 31.4 Å². The van der Waals surface area contributed by atoms with E-state index in [1.54, 1.807) is 0 Å². The highest BCUT2D eigenvalue weighted by atomic mass is 79.9. The number of hydrogen-bond acceptors (Lipinski definition) is 2. The second-order valence-electron chi connectivity index (χ2n) is 3.97. The number of fused-ring (bicyclic) bond motifs is 1. The monoisotopic (exact) mass is 313 g/mol. The molecule has 0 saturated carbocycles. The fraction of sp³-hybridized carbons (Fsp3) is 0.462. The van der Waals surface area contributed by atoms with Crippen LogP contribution in [-0.4, -0.2) is 15.7 Å². The first-order valence-corrected chi connectivity index (χ1v) is 6.96. The Morgan fingerprint density at radius 3 is 2.76 bits per heavy atom. The van der Waals surface area contributed by atoms with Gasteiger partial charge in [-0.2, -0.15) is 0 Å². The summed E-state index contributed by atoms with van der Waals surface area (Å²) in [5.41, 5.74) is 2.21. The fourth-order valence-electron chi connectivity index (χ4n) is 1.70. The van der Waals surface area contributed by atoms with Crippen LogP contribution in [0.5, 0.6) is 0 Å². The van der Waals surface area contributed by atoms with Crippen LogP contribution in [0.1, 0.15) is 32.6 Å². The molecule has 1 aromatic heterocycles. The molecule has 0 atom stereocenters. The van der Waals surface area contributed by atoms with Gasteiger partial charge >= 0.3 is 0 Å². The van der Waals surface area contributed by atoms with Crippen molar-refractivity contribution < 1.29 is 17.0 Å². The fourth-order valence-corrected chi connectivity index (χ4v) is 2.58. The SMILES string of the molecule is CCCCCCSc1nc2ccccc2[nH]1.[Br-]. The molecule has 0 spiro atoms. The van der Waals surface area contributed by atoms with E-state index >= 15 is 0 Å². The van der Waals surface area contributed by atoms with E-state index in [-0.39, 0.29) is 17.0 Å².